The molecule has 18 heavy (non-hydrogen) atoms. The van der Waals surface area contributed by atoms with Gasteiger partial charge in [-0.05, 0) is 23.6 Å². The van der Waals surface area contributed by atoms with Gasteiger partial charge in [0.2, 0.25) is 0 Å². The molecule has 2 aromatic heterocycles. The van der Waals surface area contributed by atoms with Crippen LogP contribution < -0.4 is 0 Å². The summed E-state index contributed by atoms with van der Waals surface area (Å²) in [5.41, 5.74) is 3.61. The van der Waals surface area contributed by atoms with Gasteiger partial charge in [-0.15, -0.1) is 0 Å². The lowest BCUT2D eigenvalue weighted by Gasteiger charge is -2.03. The molecule has 0 fully saturated rings. The Hall–Kier alpha value is -2.48. The second kappa shape index (κ2) is 3.50. The van der Waals surface area contributed by atoms with Gasteiger partial charge >= 0.3 is 0 Å². The summed E-state index contributed by atoms with van der Waals surface area (Å²) in [5.74, 6) is 0. The number of hydrogen-bond acceptors (Lipinski definition) is 0. The lowest BCUT2D eigenvalue weighted by Crippen LogP contribution is -1.89. The minimum absolute atomic E-state index is 1.17. The molecule has 0 radical (unpaired) electrons. The zero-order chi connectivity index (χ0) is 11.9. The molecule has 2 heterocycles. The lowest BCUT2D eigenvalue weighted by atomic mass is 10.2. The maximum Gasteiger partial charge on any atom is 0.0709 e. The fraction of sp³-hybridized carbons (Fsp3) is 0. The Balaban J connectivity index is 2.08. The van der Waals surface area contributed by atoms with Gasteiger partial charge in [-0.2, -0.15) is 0 Å². The first-order valence-corrected chi connectivity index (χ1v) is 6.06. The van der Waals surface area contributed by atoms with Crippen LogP contribution in [0, 0.1) is 0 Å². The monoisotopic (exact) mass is 232 g/mol. The van der Waals surface area contributed by atoms with E-state index in [1.54, 1.807) is 0 Å². The van der Waals surface area contributed by atoms with Crippen LogP contribution in [0.1, 0.15) is 0 Å². The quantitative estimate of drug-likeness (QED) is 0.510. The maximum absolute atomic E-state index is 3.32. The molecule has 0 amide bonds. The van der Waals surface area contributed by atoms with Crippen LogP contribution in [0.4, 0.5) is 0 Å². The van der Waals surface area contributed by atoms with Crippen molar-refractivity contribution >= 4 is 21.8 Å². The fourth-order valence-corrected chi connectivity index (χ4v) is 2.55. The summed E-state index contributed by atoms with van der Waals surface area (Å²) in [6, 6.07) is 19.0. The van der Waals surface area contributed by atoms with Crippen molar-refractivity contribution in [3.63, 3.8) is 0 Å². The van der Waals surface area contributed by atoms with Crippen molar-refractivity contribution in [2.45, 2.75) is 0 Å². The molecule has 4 rings (SSSR count). The fourth-order valence-electron chi connectivity index (χ4n) is 2.55. The summed E-state index contributed by atoms with van der Waals surface area (Å²) in [7, 11) is 0. The van der Waals surface area contributed by atoms with Crippen molar-refractivity contribution in [2.75, 3.05) is 0 Å². The second-order valence-corrected chi connectivity index (χ2v) is 4.46. The summed E-state index contributed by atoms with van der Waals surface area (Å²) in [6.45, 7) is 0. The molecule has 0 aliphatic rings. The largest absolute Gasteiger partial charge is 0.359 e. The van der Waals surface area contributed by atoms with Gasteiger partial charge in [0.15, 0.2) is 0 Å². The molecule has 0 saturated heterocycles. The van der Waals surface area contributed by atoms with Gasteiger partial charge in [-0.1, -0.05) is 36.4 Å². The first-order chi connectivity index (χ1) is 8.93. The third-order valence-corrected chi connectivity index (χ3v) is 3.43. The molecule has 4 aromatic rings. The van der Waals surface area contributed by atoms with Gasteiger partial charge in [0, 0.05) is 23.3 Å². The number of para-hydroxylation sites is 2. The van der Waals surface area contributed by atoms with Crippen molar-refractivity contribution in [3.05, 3.63) is 67.0 Å². The van der Waals surface area contributed by atoms with Crippen LogP contribution in [0.2, 0.25) is 0 Å². The molecule has 0 aliphatic heterocycles. The second-order valence-electron chi connectivity index (χ2n) is 4.46. The van der Waals surface area contributed by atoms with E-state index in [0.29, 0.717) is 0 Å². The Bertz CT molecular complexity index is 764. The van der Waals surface area contributed by atoms with Crippen molar-refractivity contribution in [2.24, 2.45) is 0 Å². The number of benzene rings is 2. The van der Waals surface area contributed by atoms with Crippen LogP contribution in [0.15, 0.2) is 67.0 Å². The maximum atomic E-state index is 3.32. The zero-order valence-corrected chi connectivity index (χ0v) is 9.80. The van der Waals surface area contributed by atoms with Crippen molar-refractivity contribution in [3.8, 4) is 5.69 Å². The molecule has 1 N–H and O–H groups in total. The first kappa shape index (κ1) is 9.54. The average molecular weight is 232 g/mol. The van der Waals surface area contributed by atoms with E-state index in [4.69, 9.17) is 0 Å². The molecule has 0 unspecified atom stereocenters. The van der Waals surface area contributed by atoms with Gasteiger partial charge in [0.1, 0.15) is 0 Å². The molecule has 2 heteroatoms. The minimum atomic E-state index is 1.17. The Kier molecular flexibility index (Phi) is 1.86. The Labute approximate surface area is 104 Å². The summed E-state index contributed by atoms with van der Waals surface area (Å²) in [4.78, 5) is 3.32. The highest BCUT2D eigenvalue weighted by atomic mass is 15.0. The van der Waals surface area contributed by atoms with E-state index >= 15 is 0 Å². The normalized spacial score (nSPS) is 11.3. The SMILES string of the molecule is c1ccc2c(c1)ccn2-c1c[nH]c2ccccc12. The molecule has 0 bridgehead atoms. The predicted octanol–water partition coefficient (Wildman–Crippen LogP) is 4.11. The third-order valence-electron chi connectivity index (χ3n) is 3.43. The minimum Gasteiger partial charge on any atom is -0.359 e. The van der Waals surface area contributed by atoms with E-state index < -0.39 is 0 Å². The van der Waals surface area contributed by atoms with E-state index in [0.717, 1.165) is 0 Å². The van der Waals surface area contributed by atoms with E-state index in [9.17, 15) is 0 Å². The molecule has 0 spiro atoms. The number of nitrogens with zero attached hydrogens (tertiary/aromatic N) is 1. The van der Waals surface area contributed by atoms with E-state index in [2.05, 4.69) is 76.5 Å². The zero-order valence-electron chi connectivity index (χ0n) is 9.80. The number of H-pyrrole nitrogens is 1. The smallest absolute Gasteiger partial charge is 0.0709 e. The third kappa shape index (κ3) is 1.23. The van der Waals surface area contributed by atoms with Gasteiger partial charge in [-0.25, -0.2) is 0 Å². The summed E-state index contributed by atoms with van der Waals surface area (Å²) in [6.07, 6.45) is 4.19. The first-order valence-electron chi connectivity index (χ1n) is 6.06. The molecule has 2 nitrogen and oxygen atoms in total. The van der Waals surface area contributed by atoms with Crippen LogP contribution in [0.5, 0.6) is 0 Å². The number of nitrogens with one attached hydrogen (secondary N) is 1. The molecule has 0 saturated carbocycles. The predicted molar refractivity (Wildman–Crippen MR) is 75.1 cm³/mol. The average Bonchev–Trinajstić information content (AvgIpc) is 3.01. The summed E-state index contributed by atoms with van der Waals surface area (Å²) >= 11 is 0. The Morgan fingerprint density at radius 2 is 1.67 bits per heavy atom. The van der Waals surface area contributed by atoms with Crippen LogP contribution in [-0.4, -0.2) is 9.55 Å². The molecule has 0 atom stereocenters. The highest BCUT2D eigenvalue weighted by Crippen LogP contribution is 2.26. The number of hydrogen-bond donors (Lipinski definition) is 1. The molecular weight excluding hydrogens is 220 g/mol. The number of fused-ring (bicyclic) bond motifs is 2. The van der Waals surface area contributed by atoms with Gasteiger partial charge in [-0.3, -0.25) is 0 Å². The van der Waals surface area contributed by atoms with E-state index in [-0.39, 0.29) is 0 Å². The van der Waals surface area contributed by atoms with E-state index in [1.165, 1.54) is 27.5 Å². The number of rotatable bonds is 1. The lowest BCUT2D eigenvalue weighted by molar-refractivity contribution is 1.14. The van der Waals surface area contributed by atoms with Crippen LogP contribution >= 0.6 is 0 Å². The standard InChI is InChI=1S/C16H12N2/c1-4-8-15-12(5-1)9-10-18(15)16-11-17-14-7-3-2-6-13(14)16/h1-11,17H. The van der Waals surface area contributed by atoms with Crippen molar-refractivity contribution < 1.29 is 0 Å². The van der Waals surface area contributed by atoms with Gasteiger partial charge in [0.05, 0.1) is 11.2 Å². The molecule has 2 aromatic carbocycles. The molecular formula is C16H12N2. The van der Waals surface area contributed by atoms with Crippen LogP contribution in [0.25, 0.3) is 27.5 Å². The highest BCUT2D eigenvalue weighted by molar-refractivity contribution is 5.91. The van der Waals surface area contributed by atoms with Crippen molar-refractivity contribution in [1.29, 1.82) is 0 Å². The van der Waals surface area contributed by atoms with Crippen LogP contribution in [-0.2, 0) is 0 Å². The van der Waals surface area contributed by atoms with Gasteiger partial charge in [0.25, 0.3) is 0 Å². The molecule has 0 aliphatic carbocycles. The summed E-state index contributed by atoms with van der Waals surface area (Å²) < 4.78 is 2.23. The summed E-state index contributed by atoms with van der Waals surface area (Å²) in [5, 5.41) is 2.52. The topological polar surface area (TPSA) is 20.7 Å². The van der Waals surface area contributed by atoms with Crippen molar-refractivity contribution in [1.82, 2.24) is 9.55 Å². The number of aromatic amines is 1. The van der Waals surface area contributed by atoms with E-state index in [1.807, 2.05) is 0 Å². The Morgan fingerprint density at radius 3 is 2.67 bits per heavy atom. The number of aromatic nitrogens is 2. The highest BCUT2D eigenvalue weighted by Gasteiger charge is 2.07. The molecule has 86 valence electrons. The van der Waals surface area contributed by atoms with Crippen LogP contribution in [0.3, 0.4) is 0 Å². The Morgan fingerprint density at radius 1 is 0.833 bits per heavy atom. The van der Waals surface area contributed by atoms with Gasteiger partial charge < -0.3 is 9.55 Å².